The van der Waals surface area contributed by atoms with Crippen LogP contribution in [-0.2, 0) is 13.0 Å². The van der Waals surface area contributed by atoms with Gasteiger partial charge in [0.25, 0.3) is 5.56 Å². The number of aromatic nitrogens is 4. The van der Waals surface area contributed by atoms with Gasteiger partial charge in [-0.15, -0.1) is 0 Å². The van der Waals surface area contributed by atoms with E-state index in [0.717, 1.165) is 25.1 Å². The molecule has 0 aromatic carbocycles. The van der Waals surface area contributed by atoms with Crippen LogP contribution in [0.4, 0.5) is 0 Å². The number of imidazole rings is 1. The minimum atomic E-state index is -0.393. The van der Waals surface area contributed by atoms with Crippen molar-refractivity contribution in [2.75, 3.05) is 0 Å². The van der Waals surface area contributed by atoms with Crippen molar-refractivity contribution in [3.63, 3.8) is 0 Å². The number of H-pyrrole nitrogens is 2. The van der Waals surface area contributed by atoms with Crippen molar-refractivity contribution in [2.24, 2.45) is 5.92 Å². The van der Waals surface area contributed by atoms with Gasteiger partial charge in [-0.2, -0.15) is 0 Å². The molecule has 0 fully saturated rings. The summed E-state index contributed by atoms with van der Waals surface area (Å²) in [6, 6.07) is 0. The van der Waals surface area contributed by atoms with Crippen LogP contribution in [0.5, 0.6) is 0 Å². The third-order valence-electron chi connectivity index (χ3n) is 3.00. The SMILES string of the molecule is CCCCc1nc2c([nH]1)c(=O)[nH]c(=O)n2CC(C)C. The number of aromatic amines is 2. The lowest BCUT2D eigenvalue weighted by Gasteiger charge is -2.07. The number of nitrogens with zero attached hydrogens (tertiary/aromatic N) is 2. The summed E-state index contributed by atoms with van der Waals surface area (Å²) in [5.74, 6) is 1.08. The molecule has 0 amide bonds. The van der Waals surface area contributed by atoms with Crippen molar-refractivity contribution in [2.45, 2.75) is 46.6 Å². The monoisotopic (exact) mass is 264 g/mol. The van der Waals surface area contributed by atoms with E-state index in [2.05, 4.69) is 21.9 Å². The molecule has 6 nitrogen and oxygen atoms in total. The summed E-state index contributed by atoms with van der Waals surface area (Å²) in [5.41, 5.74) is 0.0786. The Balaban J connectivity index is 2.57. The van der Waals surface area contributed by atoms with E-state index in [1.165, 1.54) is 4.57 Å². The average Bonchev–Trinajstić information content (AvgIpc) is 2.76. The molecule has 2 N–H and O–H groups in total. The Hall–Kier alpha value is -1.85. The van der Waals surface area contributed by atoms with Crippen LogP contribution in [0.25, 0.3) is 11.2 Å². The molecule has 0 aliphatic heterocycles. The molecule has 0 radical (unpaired) electrons. The van der Waals surface area contributed by atoms with E-state index in [9.17, 15) is 9.59 Å². The third kappa shape index (κ3) is 2.77. The zero-order chi connectivity index (χ0) is 14.0. The van der Waals surface area contributed by atoms with Crippen LogP contribution < -0.4 is 11.2 Å². The topological polar surface area (TPSA) is 83.5 Å². The molecule has 0 saturated heterocycles. The lowest BCUT2D eigenvalue weighted by molar-refractivity contribution is 0.513. The highest BCUT2D eigenvalue weighted by Gasteiger charge is 2.13. The zero-order valence-corrected chi connectivity index (χ0v) is 11.6. The third-order valence-corrected chi connectivity index (χ3v) is 3.00. The highest BCUT2D eigenvalue weighted by molar-refractivity contribution is 5.69. The summed E-state index contributed by atoms with van der Waals surface area (Å²) >= 11 is 0. The lowest BCUT2D eigenvalue weighted by atomic mass is 10.2. The Morgan fingerprint density at radius 2 is 2.00 bits per heavy atom. The largest absolute Gasteiger partial charge is 0.336 e. The molecule has 0 aliphatic carbocycles. The molecule has 0 unspecified atom stereocenters. The molecule has 104 valence electrons. The normalized spacial score (nSPS) is 11.6. The number of aryl methyl sites for hydroxylation is 1. The van der Waals surface area contributed by atoms with Crippen LogP contribution in [-0.4, -0.2) is 19.5 Å². The van der Waals surface area contributed by atoms with Gasteiger partial charge in [-0.1, -0.05) is 27.2 Å². The highest BCUT2D eigenvalue weighted by atomic mass is 16.2. The summed E-state index contributed by atoms with van der Waals surface area (Å²) in [4.78, 5) is 33.4. The van der Waals surface area contributed by atoms with Crippen molar-refractivity contribution in [3.8, 4) is 0 Å². The van der Waals surface area contributed by atoms with Gasteiger partial charge in [-0.3, -0.25) is 14.3 Å². The maximum absolute atomic E-state index is 11.9. The van der Waals surface area contributed by atoms with Gasteiger partial charge in [-0.25, -0.2) is 9.78 Å². The summed E-state index contributed by atoms with van der Waals surface area (Å²) in [6.07, 6.45) is 2.86. The molecule has 0 atom stereocenters. The van der Waals surface area contributed by atoms with E-state index in [1.54, 1.807) is 0 Å². The predicted molar refractivity (Wildman–Crippen MR) is 74.4 cm³/mol. The van der Waals surface area contributed by atoms with Gasteiger partial charge in [-0.05, 0) is 12.3 Å². The van der Waals surface area contributed by atoms with Crippen LogP contribution in [0.2, 0.25) is 0 Å². The summed E-state index contributed by atoms with van der Waals surface area (Å²) in [5, 5.41) is 0. The van der Waals surface area contributed by atoms with Crippen LogP contribution in [0, 0.1) is 5.92 Å². The summed E-state index contributed by atoms with van der Waals surface area (Å²) in [6.45, 7) is 6.69. The Morgan fingerprint density at radius 1 is 1.26 bits per heavy atom. The molecule has 2 rings (SSSR count). The van der Waals surface area contributed by atoms with Gasteiger partial charge in [0.05, 0.1) is 0 Å². The average molecular weight is 264 g/mol. The quantitative estimate of drug-likeness (QED) is 0.856. The number of fused-ring (bicyclic) bond motifs is 1. The van der Waals surface area contributed by atoms with Gasteiger partial charge >= 0.3 is 5.69 Å². The van der Waals surface area contributed by atoms with Crippen molar-refractivity contribution >= 4 is 11.2 Å². The van der Waals surface area contributed by atoms with Crippen LogP contribution in [0.3, 0.4) is 0 Å². The summed E-state index contributed by atoms with van der Waals surface area (Å²) in [7, 11) is 0. The maximum atomic E-state index is 11.9. The fraction of sp³-hybridized carbons (Fsp3) is 0.615. The lowest BCUT2D eigenvalue weighted by Crippen LogP contribution is -2.31. The van der Waals surface area contributed by atoms with Gasteiger partial charge in [0.1, 0.15) is 11.3 Å². The number of hydrogen-bond donors (Lipinski definition) is 2. The van der Waals surface area contributed by atoms with E-state index in [-0.39, 0.29) is 5.69 Å². The number of hydrogen-bond acceptors (Lipinski definition) is 3. The Morgan fingerprint density at radius 3 is 2.63 bits per heavy atom. The second kappa shape index (κ2) is 5.42. The molecule has 0 spiro atoms. The maximum Gasteiger partial charge on any atom is 0.330 e. The van der Waals surface area contributed by atoms with Gasteiger partial charge in [0.15, 0.2) is 5.65 Å². The summed E-state index contributed by atoms with van der Waals surface area (Å²) < 4.78 is 1.54. The Labute approximate surface area is 110 Å². The van der Waals surface area contributed by atoms with Gasteiger partial charge in [0, 0.05) is 13.0 Å². The Kier molecular flexibility index (Phi) is 3.87. The first kappa shape index (κ1) is 13.6. The van der Waals surface area contributed by atoms with Gasteiger partial charge in [0.2, 0.25) is 0 Å². The van der Waals surface area contributed by atoms with Crippen LogP contribution >= 0.6 is 0 Å². The van der Waals surface area contributed by atoms with E-state index < -0.39 is 5.56 Å². The minimum absolute atomic E-state index is 0.308. The van der Waals surface area contributed by atoms with Crippen molar-refractivity contribution in [3.05, 3.63) is 26.7 Å². The number of unbranched alkanes of at least 4 members (excludes halogenated alkanes) is 1. The van der Waals surface area contributed by atoms with Crippen molar-refractivity contribution < 1.29 is 0 Å². The van der Waals surface area contributed by atoms with Crippen LogP contribution in [0.15, 0.2) is 9.59 Å². The van der Waals surface area contributed by atoms with E-state index >= 15 is 0 Å². The standard InChI is InChI=1S/C13H20N4O2/c1-4-5-6-9-14-10-11(15-9)17(7-8(2)3)13(19)16-12(10)18/h8H,4-7H2,1-3H3,(H,14,15)(H,16,18,19). The molecule has 2 aromatic heterocycles. The van der Waals surface area contributed by atoms with E-state index in [4.69, 9.17) is 0 Å². The van der Waals surface area contributed by atoms with Gasteiger partial charge < -0.3 is 4.98 Å². The van der Waals surface area contributed by atoms with Crippen LogP contribution in [0.1, 0.15) is 39.4 Å². The van der Waals surface area contributed by atoms with Crippen molar-refractivity contribution in [1.82, 2.24) is 19.5 Å². The highest BCUT2D eigenvalue weighted by Crippen LogP contribution is 2.09. The number of nitrogens with one attached hydrogen (secondary N) is 2. The zero-order valence-electron chi connectivity index (χ0n) is 11.6. The van der Waals surface area contributed by atoms with Crippen molar-refractivity contribution in [1.29, 1.82) is 0 Å². The van der Waals surface area contributed by atoms with E-state index in [0.29, 0.717) is 23.6 Å². The first-order chi connectivity index (χ1) is 9.02. The fourth-order valence-electron chi connectivity index (χ4n) is 2.09. The van der Waals surface area contributed by atoms with E-state index in [1.807, 2.05) is 13.8 Å². The second-order valence-corrected chi connectivity index (χ2v) is 5.25. The smallest absolute Gasteiger partial charge is 0.330 e. The molecule has 6 heteroatoms. The number of rotatable bonds is 5. The first-order valence-corrected chi connectivity index (χ1v) is 6.74. The predicted octanol–water partition coefficient (Wildman–Crippen LogP) is 1.41. The molecular weight excluding hydrogens is 244 g/mol. The fourth-order valence-corrected chi connectivity index (χ4v) is 2.09. The molecular formula is C13H20N4O2. The minimum Gasteiger partial charge on any atom is -0.336 e. The molecule has 2 aromatic rings. The first-order valence-electron chi connectivity index (χ1n) is 6.74. The molecule has 19 heavy (non-hydrogen) atoms. The molecule has 0 saturated carbocycles. The second-order valence-electron chi connectivity index (χ2n) is 5.25. The molecule has 0 bridgehead atoms. The molecule has 2 heterocycles. The Bertz CT molecular complexity index is 678. The molecule has 0 aliphatic rings.